The highest BCUT2D eigenvalue weighted by Gasteiger charge is 2.12. The summed E-state index contributed by atoms with van der Waals surface area (Å²) in [6.45, 7) is 0. The van der Waals surface area contributed by atoms with Gasteiger partial charge < -0.3 is 5.84 Å². The number of pyridine rings is 1. The van der Waals surface area contributed by atoms with Crippen molar-refractivity contribution in [3.63, 3.8) is 0 Å². The molecule has 1 aromatic carbocycles. The number of aromatic nitrogens is 4. The number of nitrogens with two attached hydrogens (primary N) is 1. The molecule has 0 amide bonds. The van der Waals surface area contributed by atoms with Crippen molar-refractivity contribution in [2.24, 2.45) is 0 Å². The third kappa shape index (κ3) is 3.17. The molecule has 2 aromatic heterocycles. The lowest BCUT2D eigenvalue weighted by Crippen LogP contribution is -2.11. The Hall–Kier alpha value is -2.05. The first-order valence-electron chi connectivity index (χ1n) is 6.23. The van der Waals surface area contributed by atoms with Crippen molar-refractivity contribution in [1.29, 1.82) is 0 Å². The van der Waals surface area contributed by atoms with E-state index in [1.165, 1.54) is 16.4 Å². The Kier molecular flexibility index (Phi) is 4.08. The number of halogens is 1. The summed E-state index contributed by atoms with van der Waals surface area (Å²) in [5, 5.41) is 9.57. The lowest BCUT2D eigenvalue weighted by Gasteiger charge is -2.03. The van der Waals surface area contributed by atoms with Crippen molar-refractivity contribution >= 4 is 23.4 Å². The van der Waals surface area contributed by atoms with Crippen LogP contribution in [0.25, 0.3) is 11.4 Å². The van der Waals surface area contributed by atoms with Crippen molar-refractivity contribution < 1.29 is 0 Å². The summed E-state index contributed by atoms with van der Waals surface area (Å²) in [6.07, 6.45) is 1.77. The van der Waals surface area contributed by atoms with E-state index in [9.17, 15) is 0 Å². The van der Waals surface area contributed by atoms with Crippen LogP contribution in [0.5, 0.6) is 0 Å². The second-order valence-corrected chi connectivity index (χ2v) is 5.67. The first-order valence-corrected chi connectivity index (χ1v) is 7.59. The number of thioether (sulfide) groups is 1. The van der Waals surface area contributed by atoms with Crippen LogP contribution in [0.1, 0.15) is 5.69 Å². The van der Waals surface area contributed by atoms with Gasteiger partial charge in [-0.1, -0.05) is 29.4 Å². The zero-order valence-corrected chi connectivity index (χ0v) is 12.6. The number of benzene rings is 1. The van der Waals surface area contributed by atoms with Crippen LogP contribution in [0, 0.1) is 0 Å². The van der Waals surface area contributed by atoms with Crippen LogP contribution in [-0.2, 0) is 5.75 Å². The maximum absolute atomic E-state index is 6.05. The van der Waals surface area contributed by atoms with Gasteiger partial charge in [-0.05, 0) is 36.4 Å². The Morgan fingerprint density at radius 2 is 1.90 bits per heavy atom. The van der Waals surface area contributed by atoms with E-state index in [-0.39, 0.29) is 0 Å². The Morgan fingerprint density at radius 1 is 1.10 bits per heavy atom. The van der Waals surface area contributed by atoms with Crippen molar-refractivity contribution in [2.45, 2.75) is 10.9 Å². The van der Waals surface area contributed by atoms with Gasteiger partial charge in [0, 0.05) is 22.5 Å². The van der Waals surface area contributed by atoms with E-state index >= 15 is 0 Å². The van der Waals surface area contributed by atoms with E-state index in [0.29, 0.717) is 21.8 Å². The van der Waals surface area contributed by atoms with Gasteiger partial charge in [-0.15, -0.1) is 10.2 Å². The van der Waals surface area contributed by atoms with Crippen molar-refractivity contribution in [3.8, 4) is 11.4 Å². The van der Waals surface area contributed by atoms with Gasteiger partial charge in [0.15, 0.2) is 5.82 Å². The number of nitrogens with zero attached hydrogens (tertiary/aromatic N) is 4. The molecule has 0 saturated carbocycles. The van der Waals surface area contributed by atoms with Crippen LogP contribution in [0.2, 0.25) is 5.02 Å². The summed E-state index contributed by atoms with van der Waals surface area (Å²) >= 11 is 7.37. The number of hydrogen-bond donors (Lipinski definition) is 1. The highest BCUT2D eigenvalue weighted by Crippen LogP contribution is 2.24. The molecular formula is C14H12ClN5S. The van der Waals surface area contributed by atoms with Crippen LogP contribution >= 0.6 is 23.4 Å². The second-order valence-electron chi connectivity index (χ2n) is 4.29. The normalized spacial score (nSPS) is 10.7. The number of nitrogen functional groups attached to an aromatic ring is 1. The Morgan fingerprint density at radius 3 is 2.62 bits per heavy atom. The van der Waals surface area contributed by atoms with Crippen LogP contribution in [0.15, 0.2) is 53.8 Å². The fourth-order valence-electron chi connectivity index (χ4n) is 1.79. The fourth-order valence-corrected chi connectivity index (χ4v) is 2.69. The molecule has 0 fully saturated rings. The third-order valence-corrected chi connectivity index (χ3v) is 4.07. The van der Waals surface area contributed by atoms with E-state index in [1.54, 1.807) is 18.3 Å². The molecule has 0 bridgehead atoms. The highest BCUT2D eigenvalue weighted by atomic mass is 35.5. The SMILES string of the molecule is Nn1c(SCc2ccccn2)nnc1-c1ccc(Cl)cc1. The second kappa shape index (κ2) is 6.15. The molecule has 3 rings (SSSR count). The highest BCUT2D eigenvalue weighted by molar-refractivity contribution is 7.98. The minimum Gasteiger partial charge on any atom is -0.335 e. The summed E-state index contributed by atoms with van der Waals surface area (Å²) in [5.41, 5.74) is 1.85. The van der Waals surface area contributed by atoms with Gasteiger partial charge in [0.1, 0.15) is 0 Å². The first kappa shape index (κ1) is 13.9. The standard InChI is InChI=1S/C14H12ClN5S/c15-11-6-4-10(5-7-11)13-18-19-14(20(13)16)21-9-12-3-1-2-8-17-12/h1-8H,9,16H2. The maximum atomic E-state index is 6.05. The van der Waals surface area contributed by atoms with Crippen molar-refractivity contribution in [1.82, 2.24) is 19.9 Å². The Labute approximate surface area is 131 Å². The molecule has 7 heteroatoms. The number of hydrogen-bond acceptors (Lipinski definition) is 5. The first-order chi connectivity index (χ1) is 10.2. The van der Waals surface area contributed by atoms with E-state index in [1.807, 2.05) is 30.3 Å². The van der Waals surface area contributed by atoms with E-state index < -0.39 is 0 Å². The van der Waals surface area contributed by atoms with Gasteiger partial charge in [-0.2, -0.15) is 0 Å². The van der Waals surface area contributed by atoms with Gasteiger partial charge in [0.25, 0.3) is 0 Å². The molecule has 106 valence electrons. The topological polar surface area (TPSA) is 69.6 Å². The van der Waals surface area contributed by atoms with Gasteiger partial charge >= 0.3 is 0 Å². The summed E-state index contributed by atoms with van der Waals surface area (Å²) in [7, 11) is 0. The molecule has 0 atom stereocenters. The molecule has 0 spiro atoms. The van der Waals surface area contributed by atoms with Crippen molar-refractivity contribution in [3.05, 3.63) is 59.4 Å². The quantitative estimate of drug-likeness (QED) is 0.591. The summed E-state index contributed by atoms with van der Waals surface area (Å²) in [4.78, 5) is 4.26. The van der Waals surface area contributed by atoms with Gasteiger partial charge in [0.05, 0.1) is 5.69 Å². The molecule has 0 aliphatic carbocycles. The molecule has 2 heterocycles. The van der Waals surface area contributed by atoms with Crippen LogP contribution in [0.4, 0.5) is 0 Å². The van der Waals surface area contributed by atoms with Gasteiger partial charge in [-0.25, -0.2) is 4.68 Å². The lowest BCUT2D eigenvalue weighted by molar-refractivity contribution is 0.849. The molecule has 0 radical (unpaired) electrons. The Bertz CT molecular complexity index is 727. The number of rotatable bonds is 4. The summed E-state index contributed by atoms with van der Waals surface area (Å²) in [5.74, 6) is 7.35. The molecule has 3 aromatic rings. The molecule has 0 aliphatic heterocycles. The van der Waals surface area contributed by atoms with Crippen LogP contribution in [-0.4, -0.2) is 19.9 Å². The smallest absolute Gasteiger partial charge is 0.210 e. The molecule has 2 N–H and O–H groups in total. The fraction of sp³-hybridized carbons (Fsp3) is 0.0714. The molecule has 0 saturated heterocycles. The molecule has 5 nitrogen and oxygen atoms in total. The molecule has 21 heavy (non-hydrogen) atoms. The minimum atomic E-state index is 0.607. The Balaban J connectivity index is 1.78. The molecule has 0 unspecified atom stereocenters. The molecular weight excluding hydrogens is 306 g/mol. The largest absolute Gasteiger partial charge is 0.335 e. The van der Waals surface area contributed by atoms with Crippen LogP contribution in [0.3, 0.4) is 0 Å². The average Bonchev–Trinajstić information content (AvgIpc) is 2.88. The molecule has 0 aliphatic rings. The monoisotopic (exact) mass is 317 g/mol. The van der Waals surface area contributed by atoms with Gasteiger partial charge in [0.2, 0.25) is 5.16 Å². The van der Waals surface area contributed by atoms with Gasteiger partial charge in [-0.3, -0.25) is 4.98 Å². The van der Waals surface area contributed by atoms with E-state index in [0.717, 1.165) is 11.3 Å². The van der Waals surface area contributed by atoms with E-state index in [4.69, 9.17) is 17.4 Å². The van der Waals surface area contributed by atoms with Crippen LogP contribution < -0.4 is 5.84 Å². The predicted molar refractivity (Wildman–Crippen MR) is 84.4 cm³/mol. The third-order valence-electron chi connectivity index (χ3n) is 2.84. The maximum Gasteiger partial charge on any atom is 0.210 e. The summed E-state index contributed by atoms with van der Waals surface area (Å²) in [6, 6.07) is 13.1. The van der Waals surface area contributed by atoms with Crippen molar-refractivity contribution in [2.75, 3.05) is 5.84 Å². The van der Waals surface area contributed by atoms with E-state index in [2.05, 4.69) is 15.2 Å². The predicted octanol–water partition coefficient (Wildman–Crippen LogP) is 3.00. The average molecular weight is 318 g/mol. The zero-order chi connectivity index (χ0) is 14.7. The minimum absolute atomic E-state index is 0.607. The summed E-state index contributed by atoms with van der Waals surface area (Å²) < 4.78 is 1.48. The zero-order valence-electron chi connectivity index (χ0n) is 11.0. The lowest BCUT2D eigenvalue weighted by atomic mass is 10.2.